The predicted octanol–water partition coefficient (Wildman–Crippen LogP) is 3.57. The van der Waals surface area contributed by atoms with E-state index < -0.39 is 41.4 Å². The third kappa shape index (κ3) is 8.08. The molecule has 4 aromatic carbocycles. The van der Waals surface area contributed by atoms with Crippen molar-refractivity contribution in [1.82, 2.24) is 25.8 Å². The molecule has 0 aromatic heterocycles. The third-order valence-electron chi connectivity index (χ3n) is 13.0. The molecule has 12 nitrogen and oxygen atoms in total. The van der Waals surface area contributed by atoms with Gasteiger partial charge in [0.15, 0.2) is 0 Å². The molecule has 0 radical (unpaired) electrons. The van der Waals surface area contributed by atoms with Crippen molar-refractivity contribution >= 4 is 35.4 Å². The smallest absolute Gasteiger partial charge is 0.253 e. The quantitative estimate of drug-likeness (QED) is 0.171. The van der Waals surface area contributed by atoms with Gasteiger partial charge in [0.1, 0.15) is 0 Å². The standard InChI is InChI=1S/C47H48N6O6/c48-42(54)35-23-52(24-36(35)43(55)49-39-20-32(39)27-11-4-1-5-12-27)46(58)30-17-10-18-31(19-30)47(59)53-25-37(44(56)50-40-21-33(40)28-13-6-2-7-14-28)38(26-53)45(57)51-41-22-34(41)29-15-8-3-9-16-29/h1-19,32-41H,20-26H2,(H2,48,54)(H,49,55)(H,50,56)(H,51,57)/t32-,33-,34-,35-,36-,37-,38?,39+,40+,41+/m1/s1. The summed E-state index contributed by atoms with van der Waals surface area (Å²) in [5, 5.41) is 9.39. The van der Waals surface area contributed by atoms with Crippen LogP contribution in [0.3, 0.4) is 0 Å². The van der Waals surface area contributed by atoms with Gasteiger partial charge in [0.25, 0.3) is 11.8 Å². The summed E-state index contributed by atoms with van der Waals surface area (Å²) in [6.45, 7) is 0.0871. The molecule has 302 valence electrons. The first kappa shape index (κ1) is 38.2. The zero-order valence-electron chi connectivity index (χ0n) is 32.6. The Morgan fingerprint density at radius 1 is 0.441 bits per heavy atom. The molecule has 3 saturated carbocycles. The zero-order chi connectivity index (χ0) is 40.8. The van der Waals surface area contributed by atoms with Crippen LogP contribution in [0.15, 0.2) is 115 Å². The monoisotopic (exact) mass is 792 g/mol. The molecular formula is C47H48N6O6. The van der Waals surface area contributed by atoms with Gasteiger partial charge in [-0.2, -0.15) is 0 Å². The molecule has 2 heterocycles. The maximum atomic E-state index is 14.2. The van der Waals surface area contributed by atoms with Crippen LogP contribution in [0.5, 0.6) is 0 Å². The lowest BCUT2D eigenvalue weighted by Gasteiger charge is -2.19. The number of hydrogen-bond donors (Lipinski definition) is 4. The number of amides is 6. The average molecular weight is 793 g/mol. The fourth-order valence-corrected chi connectivity index (χ4v) is 9.31. The second-order valence-electron chi connectivity index (χ2n) is 16.9. The molecule has 3 aliphatic carbocycles. The molecule has 10 atom stereocenters. The van der Waals surface area contributed by atoms with Gasteiger partial charge in [-0.05, 0) is 54.2 Å². The number of carbonyl (C=O) groups excluding carboxylic acids is 6. The van der Waals surface area contributed by atoms with Crippen molar-refractivity contribution in [2.24, 2.45) is 29.4 Å². The minimum atomic E-state index is -0.856. The number of benzene rings is 4. The number of likely N-dealkylation sites (tertiary alicyclic amines) is 2. The minimum absolute atomic E-state index is 0.0110. The van der Waals surface area contributed by atoms with Crippen molar-refractivity contribution in [2.75, 3.05) is 26.2 Å². The molecule has 12 heteroatoms. The Labute approximate surface area is 342 Å². The number of nitrogens with two attached hydrogens (primary N) is 1. The third-order valence-corrected chi connectivity index (χ3v) is 13.0. The first-order valence-corrected chi connectivity index (χ1v) is 20.7. The number of nitrogens with zero attached hydrogens (tertiary/aromatic N) is 2. The van der Waals surface area contributed by atoms with Crippen LogP contribution in [0.2, 0.25) is 0 Å². The van der Waals surface area contributed by atoms with Gasteiger partial charge in [0, 0.05) is 73.2 Å². The van der Waals surface area contributed by atoms with Gasteiger partial charge < -0.3 is 31.5 Å². The molecule has 5 fully saturated rings. The minimum Gasteiger partial charge on any atom is -0.369 e. The van der Waals surface area contributed by atoms with E-state index in [4.69, 9.17) is 5.73 Å². The highest BCUT2D eigenvalue weighted by Crippen LogP contribution is 2.43. The molecule has 2 saturated heterocycles. The van der Waals surface area contributed by atoms with Gasteiger partial charge in [-0.1, -0.05) is 97.1 Å². The molecule has 0 spiro atoms. The highest BCUT2D eigenvalue weighted by molar-refractivity contribution is 6.01. The number of hydrogen-bond acceptors (Lipinski definition) is 6. The van der Waals surface area contributed by atoms with Crippen LogP contribution in [0, 0.1) is 23.7 Å². The Hall–Kier alpha value is -6.30. The van der Waals surface area contributed by atoms with E-state index in [0.717, 1.165) is 36.0 Å². The van der Waals surface area contributed by atoms with E-state index in [2.05, 4.69) is 16.0 Å². The Morgan fingerprint density at radius 3 is 1.10 bits per heavy atom. The van der Waals surface area contributed by atoms with Crippen molar-refractivity contribution in [3.63, 3.8) is 0 Å². The molecule has 6 amide bonds. The zero-order valence-corrected chi connectivity index (χ0v) is 32.6. The van der Waals surface area contributed by atoms with E-state index >= 15 is 0 Å². The van der Waals surface area contributed by atoms with Crippen LogP contribution in [0.4, 0.5) is 0 Å². The topological polar surface area (TPSA) is 171 Å². The van der Waals surface area contributed by atoms with Crippen LogP contribution >= 0.6 is 0 Å². The lowest BCUT2D eigenvalue weighted by Crippen LogP contribution is -2.43. The van der Waals surface area contributed by atoms with Gasteiger partial charge >= 0.3 is 0 Å². The summed E-state index contributed by atoms with van der Waals surface area (Å²) in [6.07, 6.45) is 2.41. The highest BCUT2D eigenvalue weighted by Gasteiger charge is 2.50. The van der Waals surface area contributed by atoms with Crippen molar-refractivity contribution in [1.29, 1.82) is 0 Å². The maximum Gasteiger partial charge on any atom is 0.253 e. The van der Waals surface area contributed by atoms with E-state index in [-0.39, 0.29) is 90.9 Å². The Bertz CT molecular complexity index is 2200. The molecule has 1 unspecified atom stereocenters. The summed E-state index contributed by atoms with van der Waals surface area (Å²) < 4.78 is 0. The molecule has 5 N–H and O–H groups in total. The summed E-state index contributed by atoms with van der Waals surface area (Å²) in [7, 11) is 0. The van der Waals surface area contributed by atoms with E-state index in [1.54, 1.807) is 18.2 Å². The lowest BCUT2D eigenvalue weighted by molar-refractivity contribution is -0.133. The Balaban J connectivity index is 0.867. The van der Waals surface area contributed by atoms with Crippen molar-refractivity contribution in [2.45, 2.75) is 55.1 Å². The van der Waals surface area contributed by atoms with Crippen molar-refractivity contribution < 1.29 is 28.8 Å². The van der Waals surface area contributed by atoms with Crippen molar-refractivity contribution in [3.8, 4) is 0 Å². The fourth-order valence-electron chi connectivity index (χ4n) is 9.31. The summed E-state index contributed by atoms with van der Waals surface area (Å²) in [5.74, 6) is -4.86. The van der Waals surface area contributed by atoms with Crippen LogP contribution in [0.25, 0.3) is 0 Å². The number of carbonyl (C=O) groups is 6. The van der Waals surface area contributed by atoms with Crippen molar-refractivity contribution in [3.05, 3.63) is 143 Å². The Kier molecular flexibility index (Phi) is 10.2. The average Bonchev–Trinajstić information content (AvgIpc) is 4.23. The number of primary amides is 1. The molecule has 9 rings (SSSR count). The SMILES string of the molecule is NC(=O)[C@@H]1CN(C(=O)c2cccc(C(=O)N3CC(C(=O)N[C@H]4C[C@@H]4c4ccccc4)[C@H](C(=O)N[C@H]4C[C@@H]4c4ccccc4)C3)c2)C[C@H]1C(=O)N[C@H]1C[C@@H]1c1ccccc1. The number of nitrogens with one attached hydrogen (secondary N) is 3. The van der Waals surface area contributed by atoms with Gasteiger partial charge in [-0.15, -0.1) is 0 Å². The first-order chi connectivity index (χ1) is 28.6. The lowest BCUT2D eigenvalue weighted by atomic mass is 9.94. The summed E-state index contributed by atoms with van der Waals surface area (Å²) in [4.78, 5) is 84.9. The largest absolute Gasteiger partial charge is 0.369 e. The second kappa shape index (κ2) is 15.8. The van der Waals surface area contributed by atoms with Gasteiger partial charge in [-0.25, -0.2) is 0 Å². The van der Waals surface area contributed by atoms with Crippen LogP contribution in [0.1, 0.15) is 74.4 Å². The van der Waals surface area contributed by atoms with Crippen LogP contribution in [-0.2, 0) is 19.2 Å². The second-order valence-corrected chi connectivity index (χ2v) is 16.9. The fraction of sp³-hybridized carbons (Fsp3) is 0.362. The Morgan fingerprint density at radius 2 is 0.763 bits per heavy atom. The molecular weight excluding hydrogens is 745 g/mol. The summed E-state index contributed by atoms with van der Waals surface area (Å²) >= 11 is 0. The van der Waals surface area contributed by atoms with Crippen LogP contribution in [-0.4, -0.2) is 89.5 Å². The number of rotatable bonds is 12. The molecule has 2 aliphatic heterocycles. The van der Waals surface area contributed by atoms with E-state index in [0.29, 0.717) is 0 Å². The maximum absolute atomic E-state index is 14.2. The predicted molar refractivity (Wildman–Crippen MR) is 219 cm³/mol. The molecule has 0 bridgehead atoms. The van der Waals surface area contributed by atoms with Gasteiger partial charge in [-0.3, -0.25) is 28.8 Å². The van der Waals surface area contributed by atoms with Gasteiger partial charge in [0.05, 0.1) is 23.7 Å². The first-order valence-electron chi connectivity index (χ1n) is 20.7. The summed E-state index contributed by atoms with van der Waals surface area (Å²) in [5.41, 5.74) is 9.64. The van der Waals surface area contributed by atoms with Gasteiger partial charge in [0.2, 0.25) is 23.6 Å². The normalized spacial score (nSPS) is 28.9. The molecule has 59 heavy (non-hydrogen) atoms. The van der Waals surface area contributed by atoms with E-state index in [1.165, 1.54) is 15.9 Å². The molecule has 4 aromatic rings. The van der Waals surface area contributed by atoms with Crippen LogP contribution < -0.4 is 21.7 Å². The highest BCUT2D eigenvalue weighted by atomic mass is 16.2. The molecule has 5 aliphatic rings. The van der Waals surface area contributed by atoms with E-state index in [9.17, 15) is 28.8 Å². The van der Waals surface area contributed by atoms with E-state index in [1.807, 2.05) is 91.0 Å². The summed E-state index contributed by atoms with van der Waals surface area (Å²) in [6, 6.07) is 36.1.